The van der Waals surface area contributed by atoms with Crippen LogP contribution >= 0.6 is 24.0 Å². The van der Waals surface area contributed by atoms with Gasteiger partial charge in [-0.25, -0.2) is 9.98 Å². The summed E-state index contributed by atoms with van der Waals surface area (Å²) in [5, 5.41) is 3.31. The zero-order chi connectivity index (χ0) is 19.6. The van der Waals surface area contributed by atoms with Gasteiger partial charge in [-0.2, -0.15) is 0 Å². The molecule has 8 heteroatoms. The van der Waals surface area contributed by atoms with Gasteiger partial charge in [-0.3, -0.25) is 0 Å². The van der Waals surface area contributed by atoms with Gasteiger partial charge in [-0.1, -0.05) is 6.07 Å². The number of aromatic nitrogens is 1. The first-order chi connectivity index (χ1) is 13.1. The molecule has 0 unspecified atom stereocenters. The van der Waals surface area contributed by atoms with E-state index in [4.69, 9.17) is 19.2 Å². The van der Waals surface area contributed by atoms with E-state index in [2.05, 4.69) is 10.3 Å². The largest absolute Gasteiger partial charge is 0.497 e. The first-order valence-electron chi connectivity index (χ1n) is 8.81. The third-order valence-corrected chi connectivity index (χ3v) is 3.98. The molecule has 1 aromatic heterocycles. The van der Waals surface area contributed by atoms with Crippen LogP contribution in [0.15, 0.2) is 41.4 Å². The Labute approximate surface area is 184 Å². The van der Waals surface area contributed by atoms with Gasteiger partial charge in [0.15, 0.2) is 5.96 Å². The van der Waals surface area contributed by atoms with E-state index in [1.807, 2.05) is 55.3 Å². The number of hydrogen-bond acceptors (Lipinski definition) is 5. The Balaban J connectivity index is 0.00000392. The lowest BCUT2D eigenvalue weighted by atomic mass is 10.2. The molecule has 0 spiro atoms. The van der Waals surface area contributed by atoms with E-state index >= 15 is 0 Å². The molecule has 0 bridgehead atoms. The predicted molar refractivity (Wildman–Crippen MR) is 122 cm³/mol. The van der Waals surface area contributed by atoms with Crippen molar-refractivity contribution in [2.75, 3.05) is 34.9 Å². The minimum absolute atomic E-state index is 0. The number of aliphatic imine (C=N–C) groups is 1. The minimum atomic E-state index is 0. The van der Waals surface area contributed by atoms with Crippen molar-refractivity contribution in [3.63, 3.8) is 0 Å². The van der Waals surface area contributed by atoms with Crippen molar-refractivity contribution in [1.82, 2.24) is 15.2 Å². The lowest BCUT2D eigenvalue weighted by Gasteiger charge is -2.23. The molecule has 0 amide bonds. The first-order valence-corrected chi connectivity index (χ1v) is 8.81. The number of pyridine rings is 1. The highest BCUT2D eigenvalue weighted by atomic mass is 127. The maximum atomic E-state index is 5.49. The van der Waals surface area contributed by atoms with E-state index in [0.29, 0.717) is 19.0 Å². The van der Waals surface area contributed by atoms with Crippen molar-refractivity contribution in [3.05, 3.63) is 47.7 Å². The van der Waals surface area contributed by atoms with Crippen molar-refractivity contribution in [1.29, 1.82) is 0 Å². The summed E-state index contributed by atoms with van der Waals surface area (Å²) in [5.41, 5.74) is 1.89. The van der Waals surface area contributed by atoms with Gasteiger partial charge >= 0.3 is 0 Å². The van der Waals surface area contributed by atoms with Gasteiger partial charge in [0.25, 0.3) is 0 Å². The molecular weight excluding hydrogens is 471 g/mol. The summed E-state index contributed by atoms with van der Waals surface area (Å²) in [6.45, 7) is 3.92. The summed E-state index contributed by atoms with van der Waals surface area (Å²) in [4.78, 5) is 11.1. The van der Waals surface area contributed by atoms with E-state index in [9.17, 15) is 0 Å². The SMILES string of the molecule is CCNC(=NCc1cccc(OC)n1)N(C)Cc1ccc(OC)cc1OC.I. The average Bonchev–Trinajstić information content (AvgIpc) is 2.71. The summed E-state index contributed by atoms with van der Waals surface area (Å²) in [7, 11) is 6.90. The molecule has 28 heavy (non-hydrogen) atoms. The van der Waals surface area contributed by atoms with E-state index in [-0.39, 0.29) is 24.0 Å². The second-order valence-corrected chi connectivity index (χ2v) is 5.88. The first kappa shape index (κ1) is 23.8. The molecule has 0 fully saturated rings. The van der Waals surface area contributed by atoms with Crippen molar-refractivity contribution in [2.45, 2.75) is 20.0 Å². The number of methoxy groups -OCH3 is 3. The van der Waals surface area contributed by atoms with Crippen LogP contribution in [0.1, 0.15) is 18.2 Å². The third kappa shape index (κ3) is 6.74. The molecule has 0 saturated heterocycles. The molecule has 154 valence electrons. The Hall–Kier alpha value is -2.23. The third-order valence-electron chi connectivity index (χ3n) is 3.98. The molecule has 1 N–H and O–H groups in total. The van der Waals surface area contributed by atoms with E-state index in [1.54, 1.807) is 21.3 Å². The molecule has 0 atom stereocenters. The molecule has 2 aromatic rings. The minimum Gasteiger partial charge on any atom is -0.497 e. The zero-order valence-electron chi connectivity index (χ0n) is 17.1. The molecule has 0 aliphatic rings. The van der Waals surface area contributed by atoms with Crippen LogP contribution in [0, 0.1) is 0 Å². The number of hydrogen-bond donors (Lipinski definition) is 1. The highest BCUT2D eigenvalue weighted by Crippen LogP contribution is 2.25. The van der Waals surface area contributed by atoms with Gasteiger partial charge in [-0.05, 0) is 25.1 Å². The normalized spacial score (nSPS) is 10.7. The van der Waals surface area contributed by atoms with E-state index < -0.39 is 0 Å². The van der Waals surface area contributed by atoms with E-state index in [0.717, 1.165) is 35.3 Å². The lowest BCUT2D eigenvalue weighted by Crippen LogP contribution is -2.38. The van der Waals surface area contributed by atoms with Crippen LogP contribution in [0.4, 0.5) is 0 Å². The molecule has 2 rings (SSSR count). The second kappa shape index (κ2) is 12.3. The number of guanidine groups is 1. The number of nitrogens with one attached hydrogen (secondary N) is 1. The summed E-state index contributed by atoms with van der Waals surface area (Å²) in [5.74, 6) is 2.93. The molecule has 1 aromatic carbocycles. The number of halogens is 1. The van der Waals surface area contributed by atoms with Crippen LogP contribution in [0.3, 0.4) is 0 Å². The zero-order valence-corrected chi connectivity index (χ0v) is 19.4. The second-order valence-electron chi connectivity index (χ2n) is 5.88. The Morgan fingerprint density at radius 2 is 1.89 bits per heavy atom. The fraction of sp³-hybridized carbons (Fsp3) is 0.400. The van der Waals surface area contributed by atoms with Crippen LogP contribution in [0.25, 0.3) is 0 Å². The molecule has 7 nitrogen and oxygen atoms in total. The number of benzene rings is 1. The highest BCUT2D eigenvalue weighted by Gasteiger charge is 2.11. The summed E-state index contributed by atoms with van der Waals surface area (Å²) < 4.78 is 15.9. The molecular formula is C20H29IN4O3. The van der Waals surface area contributed by atoms with Gasteiger partial charge in [0, 0.05) is 37.8 Å². The number of ether oxygens (including phenoxy) is 3. The molecule has 0 radical (unpaired) electrons. The van der Waals surface area contributed by atoms with Crippen molar-refractivity contribution >= 4 is 29.9 Å². The smallest absolute Gasteiger partial charge is 0.213 e. The monoisotopic (exact) mass is 500 g/mol. The topological polar surface area (TPSA) is 68.2 Å². The van der Waals surface area contributed by atoms with Crippen LogP contribution in [-0.4, -0.2) is 50.8 Å². The molecule has 0 aliphatic carbocycles. The quantitative estimate of drug-likeness (QED) is 0.341. The number of nitrogens with zero attached hydrogens (tertiary/aromatic N) is 3. The Kier molecular flexibility index (Phi) is 10.4. The molecule has 0 aliphatic heterocycles. The van der Waals surface area contributed by atoms with Gasteiger partial charge in [0.05, 0.1) is 33.6 Å². The average molecular weight is 500 g/mol. The van der Waals surface area contributed by atoms with Gasteiger partial charge < -0.3 is 24.4 Å². The van der Waals surface area contributed by atoms with Crippen LogP contribution in [0.5, 0.6) is 17.4 Å². The maximum absolute atomic E-state index is 5.49. The standard InChI is InChI=1S/C20H28N4O3.HI/c1-6-21-20(22-13-16-8-7-9-19(23-16)27-5)24(2)14-15-10-11-17(25-3)12-18(15)26-4;/h7-12H,6,13-14H2,1-5H3,(H,21,22);1H. The van der Waals surface area contributed by atoms with Gasteiger partial charge in [-0.15, -0.1) is 24.0 Å². The van der Waals surface area contributed by atoms with Gasteiger partial charge in [0.1, 0.15) is 11.5 Å². The summed E-state index contributed by atoms with van der Waals surface area (Å²) in [6, 6.07) is 11.5. The number of rotatable bonds is 8. The molecule has 0 saturated carbocycles. The predicted octanol–water partition coefficient (Wildman–Crippen LogP) is 3.32. The highest BCUT2D eigenvalue weighted by molar-refractivity contribution is 14.0. The molecule has 1 heterocycles. The lowest BCUT2D eigenvalue weighted by molar-refractivity contribution is 0.382. The van der Waals surface area contributed by atoms with Crippen LogP contribution in [-0.2, 0) is 13.1 Å². The Morgan fingerprint density at radius 1 is 1.11 bits per heavy atom. The van der Waals surface area contributed by atoms with Crippen molar-refractivity contribution < 1.29 is 14.2 Å². The van der Waals surface area contributed by atoms with Crippen LogP contribution in [0.2, 0.25) is 0 Å². The fourth-order valence-corrected chi connectivity index (χ4v) is 2.60. The Morgan fingerprint density at radius 3 is 2.54 bits per heavy atom. The van der Waals surface area contributed by atoms with Crippen LogP contribution < -0.4 is 19.5 Å². The van der Waals surface area contributed by atoms with E-state index in [1.165, 1.54) is 0 Å². The summed E-state index contributed by atoms with van der Waals surface area (Å²) in [6.07, 6.45) is 0. The summed E-state index contributed by atoms with van der Waals surface area (Å²) >= 11 is 0. The van der Waals surface area contributed by atoms with Crippen molar-refractivity contribution in [3.8, 4) is 17.4 Å². The Bertz CT molecular complexity index is 771. The fourth-order valence-electron chi connectivity index (χ4n) is 2.60. The van der Waals surface area contributed by atoms with Crippen molar-refractivity contribution in [2.24, 2.45) is 4.99 Å². The maximum Gasteiger partial charge on any atom is 0.213 e. The van der Waals surface area contributed by atoms with Gasteiger partial charge in [0.2, 0.25) is 5.88 Å².